The van der Waals surface area contributed by atoms with Gasteiger partial charge in [0, 0.05) is 48.7 Å². The normalized spacial score (nSPS) is 13.7. The largest absolute Gasteiger partial charge is 0.368 e. The van der Waals surface area contributed by atoms with Gasteiger partial charge < -0.3 is 15.1 Å². The topological polar surface area (TPSA) is 52.7 Å². The Morgan fingerprint density at radius 1 is 0.774 bits per heavy atom. The highest BCUT2D eigenvalue weighted by Crippen LogP contribution is 2.21. The molecule has 4 rings (SSSR count). The number of anilines is 2. The van der Waals surface area contributed by atoms with Crippen LogP contribution in [-0.2, 0) is 0 Å². The van der Waals surface area contributed by atoms with Crippen LogP contribution < -0.4 is 10.2 Å². The SMILES string of the molecule is Cc1ccc(C(=O)N2CCN(c3ccc(NC(=O)c4ccc(F)cc4)cc3)CC2)cc1. The first-order chi connectivity index (χ1) is 15.0. The number of hydrogen-bond acceptors (Lipinski definition) is 3. The molecule has 1 heterocycles. The van der Waals surface area contributed by atoms with Crippen molar-refractivity contribution in [1.82, 2.24) is 4.90 Å². The number of carbonyl (C=O) groups is 2. The van der Waals surface area contributed by atoms with Gasteiger partial charge in [0.1, 0.15) is 5.82 Å². The molecule has 0 atom stereocenters. The zero-order valence-corrected chi connectivity index (χ0v) is 17.3. The van der Waals surface area contributed by atoms with E-state index < -0.39 is 0 Å². The lowest BCUT2D eigenvalue weighted by molar-refractivity contribution is 0.0746. The maximum Gasteiger partial charge on any atom is 0.255 e. The maximum absolute atomic E-state index is 13.0. The first-order valence-electron chi connectivity index (χ1n) is 10.3. The number of carbonyl (C=O) groups excluding carboxylic acids is 2. The van der Waals surface area contributed by atoms with E-state index in [1.165, 1.54) is 24.3 Å². The maximum atomic E-state index is 13.0. The van der Waals surface area contributed by atoms with E-state index in [-0.39, 0.29) is 17.6 Å². The van der Waals surface area contributed by atoms with Crippen molar-refractivity contribution in [3.8, 4) is 0 Å². The average molecular weight is 417 g/mol. The van der Waals surface area contributed by atoms with E-state index in [0.29, 0.717) is 24.3 Å². The molecule has 1 fully saturated rings. The number of rotatable bonds is 4. The molecule has 1 saturated heterocycles. The van der Waals surface area contributed by atoms with Crippen LogP contribution in [0.2, 0.25) is 0 Å². The molecule has 0 unspecified atom stereocenters. The van der Waals surface area contributed by atoms with E-state index in [4.69, 9.17) is 0 Å². The lowest BCUT2D eigenvalue weighted by Crippen LogP contribution is -2.48. The van der Waals surface area contributed by atoms with Crippen LogP contribution in [0.1, 0.15) is 26.3 Å². The summed E-state index contributed by atoms with van der Waals surface area (Å²) in [5, 5.41) is 2.82. The minimum absolute atomic E-state index is 0.0681. The molecule has 3 aromatic carbocycles. The van der Waals surface area contributed by atoms with Crippen LogP contribution in [0.5, 0.6) is 0 Å². The summed E-state index contributed by atoms with van der Waals surface area (Å²) in [6.07, 6.45) is 0. The van der Waals surface area contributed by atoms with Crippen LogP contribution in [0, 0.1) is 12.7 Å². The molecule has 1 aliphatic rings. The second-order valence-corrected chi connectivity index (χ2v) is 7.65. The van der Waals surface area contributed by atoms with Gasteiger partial charge in [0.25, 0.3) is 11.8 Å². The Labute approximate surface area is 181 Å². The standard InChI is InChI=1S/C25H24FN3O2/c1-18-2-4-20(5-3-18)25(31)29-16-14-28(15-17-29)23-12-10-22(11-13-23)27-24(30)19-6-8-21(26)9-7-19/h2-13H,14-17H2,1H3,(H,27,30). The van der Waals surface area contributed by atoms with Gasteiger partial charge in [-0.3, -0.25) is 9.59 Å². The molecule has 0 radical (unpaired) electrons. The van der Waals surface area contributed by atoms with Gasteiger partial charge in [0.05, 0.1) is 0 Å². The molecular formula is C25H24FN3O2. The Balaban J connectivity index is 1.33. The predicted molar refractivity (Wildman–Crippen MR) is 120 cm³/mol. The van der Waals surface area contributed by atoms with Crippen molar-refractivity contribution in [1.29, 1.82) is 0 Å². The third-order valence-electron chi connectivity index (χ3n) is 5.46. The molecule has 3 aromatic rings. The highest BCUT2D eigenvalue weighted by atomic mass is 19.1. The molecule has 0 spiro atoms. The Bertz CT molecular complexity index is 1060. The van der Waals surface area contributed by atoms with Crippen LogP contribution in [0.3, 0.4) is 0 Å². The van der Waals surface area contributed by atoms with Crippen LogP contribution in [0.15, 0.2) is 72.8 Å². The summed E-state index contributed by atoms with van der Waals surface area (Å²) in [4.78, 5) is 29.1. The fraction of sp³-hybridized carbons (Fsp3) is 0.200. The molecule has 5 nitrogen and oxygen atoms in total. The van der Waals surface area contributed by atoms with Gasteiger partial charge in [0.2, 0.25) is 0 Å². The Morgan fingerprint density at radius 2 is 1.35 bits per heavy atom. The van der Waals surface area contributed by atoms with E-state index in [2.05, 4.69) is 10.2 Å². The smallest absolute Gasteiger partial charge is 0.255 e. The van der Waals surface area contributed by atoms with E-state index in [0.717, 1.165) is 29.9 Å². The number of nitrogens with zero attached hydrogens (tertiary/aromatic N) is 2. The number of aryl methyl sites for hydroxylation is 1. The molecule has 1 aliphatic heterocycles. The van der Waals surface area contributed by atoms with Crippen molar-refractivity contribution in [3.63, 3.8) is 0 Å². The molecule has 0 saturated carbocycles. The lowest BCUT2D eigenvalue weighted by atomic mass is 10.1. The fourth-order valence-corrected chi connectivity index (χ4v) is 3.61. The fourth-order valence-electron chi connectivity index (χ4n) is 3.61. The van der Waals surface area contributed by atoms with Gasteiger partial charge in [-0.1, -0.05) is 17.7 Å². The number of hydrogen-bond donors (Lipinski definition) is 1. The van der Waals surface area contributed by atoms with E-state index >= 15 is 0 Å². The quantitative estimate of drug-likeness (QED) is 0.687. The molecule has 6 heteroatoms. The van der Waals surface area contributed by atoms with Crippen molar-refractivity contribution >= 4 is 23.2 Å². The van der Waals surface area contributed by atoms with E-state index in [1.54, 1.807) is 0 Å². The zero-order valence-electron chi connectivity index (χ0n) is 17.3. The van der Waals surface area contributed by atoms with Gasteiger partial charge in [-0.15, -0.1) is 0 Å². The highest BCUT2D eigenvalue weighted by molar-refractivity contribution is 6.04. The van der Waals surface area contributed by atoms with Gasteiger partial charge in [-0.05, 0) is 67.6 Å². The van der Waals surface area contributed by atoms with Crippen LogP contribution in [0.25, 0.3) is 0 Å². The molecule has 2 amide bonds. The summed E-state index contributed by atoms with van der Waals surface area (Å²) in [7, 11) is 0. The minimum atomic E-state index is -0.374. The summed E-state index contributed by atoms with van der Waals surface area (Å²) >= 11 is 0. The molecule has 158 valence electrons. The van der Waals surface area contributed by atoms with Crippen molar-refractivity contribution < 1.29 is 14.0 Å². The van der Waals surface area contributed by atoms with Gasteiger partial charge in [0.15, 0.2) is 0 Å². The van der Waals surface area contributed by atoms with Crippen molar-refractivity contribution in [3.05, 3.63) is 95.3 Å². The lowest BCUT2D eigenvalue weighted by Gasteiger charge is -2.36. The Hall–Kier alpha value is -3.67. The second-order valence-electron chi connectivity index (χ2n) is 7.65. The number of nitrogens with one attached hydrogen (secondary N) is 1. The van der Waals surface area contributed by atoms with Crippen molar-refractivity contribution in [2.24, 2.45) is 0 Å². The van der Waals surface area contributed by atoms with Crippen LogP contribution >= 0.6 is 0 Å². The van der Waals surface area contributed by atoms with Crippen molar-refractivity contribution in [2.45, 2.75) is 6.92 Å². The third kappa shape index (κ3) is 4.91. The molecule has 1 N–H and O–H groups in total. The number of amides is 2. The van der Waals surface area contributed by atoms with E-state index in [1.807, 2.05) is 60.4 Å². The van der Waals surface area contributed by atoms with Crippen LogP contribution in [0.4, 0.5) is 15.8 Å². The van der Waals surface area contributed by atoms with E-state index in [9.17, 15) is 14.0 Å². The molecule has 31 heavy (non-hydrogen) atoms. The summed E-state index contributed by atoms with van der Waals surface area (Å²) in [6.45, 7) is 4.83. The number of halogens is 1. The summed E-state index contributed by atoms with van der Waals surface area (Å²) in [5.74, 6) is -0.587. The Kier molecular flexibility index (Phi) is 5.98. The van der Waals surface area contributed by atoms with Gasteiger partial charge in [-0.2, -0.15) is 0 Å². The average Bonchev–Trinajstić information content (AvgIpc) is 2.80. The molecule has 0 bridgehead atoms. The van der Waals surface area contributed by atoms with Crippen LogP contribution in [-0.4, -0.2) is 42.9 Å². The summed E-state index contributed by atoms with van der Waals surface area (Å²) in [5.41, 5.74) is 3.98. The van der Waals surface area contributed by atoms with Gasteiger partial charge in [-0.25, -0.2) is 4.39 Å². The molecular weight excluding hydrogens is 393 g/mol. The minimum Gasteiger partial charge on any atom is -0.368 e. The molecule has 0 aliphatic carbocycles. The monoisotopic (exact) mass is 417 g/mol. The van der Waals surface area contributed by atoms with Gasteiger partial charge >= 0.3 is 0 Å². The zero-order chi connectivity index (χ0) is 21.8. The number of benzene rings is 3. The molecule has 0 aromatic heterocycles. The highest BCUT2D eigenvalue weighted by Gasteiger charge is 2.22. The first-order valence-corrected chi connectivity index (χ1v) is 10.3. The van der Waals surface area contributed by atoms with Crippen molar-refractivity contribution in [2.75, 3.05) is 36.4 Å². The Morgan fingerprint density at radius 3 is 1.97 bits per heavy atom. The predicted octanol–water partition coefficient (Wildman–Crippen LogP) is 4.35. The summed E-state index contributed by atoms with van der Waals surface area (Å²) < 4.78 is 13.0. The first kappa shape index (κ1) is 20.6. The second kappa shape index (κ2) is 9.00. The number of piperazine rings is 1. The third-order valence-corrected chi connectivity index (χ3v) is 5.46. The summed E-state index contributed by atoms with van der Waals surface area (Å²) in [6, 6.07) is 20.7.